The van der Waals surface area contributed by atoms with Crippen LogP contribution in [0.25, 0.3) is 0 Å². The van der Waals surface area contributed by atoms with Crippen LogP contribution < -0.4 is 5.32 Å². The van der Waals surface area contributed by atoms with Gasteiger partial charge in [0.2, 0.25) is 0 Å². The fourth-order valence-electron chi connectivity index (χ4n) is 3.71. The van der Waals surface area contributed by atoms with Crippen LogP contribution >= 0.6 is 11.3 Å². The molecular weight excluding hydrogens is 308 g/mol. The predicted octanol–water partition coefficient (Wildman–Crippen LogP) is 3.29. The largest absolute Gasteiger partial charge is 0.375 e. The molecule has 23 heavy (non-hydrogen) atoms. The van der Waals surface area contributed by atoms with E-state index in [4.69, 9.17) is 4.74 Å². The Balaban J connectivity index is 1.40. The van der Waals surface area contributed by atoms with E-state index in [9.17, 15) is 4.79 Å². The van der Waals surface area contributed by atoms with Crippen LogP contribution in [0.5, 0.6) is 0 Å². The molecule has 1 aliphatic heterocycles. The summed E-state index contributed by atoms with van der Waals surface area (Å²) >= 11 is 1.56. The number of morpholine rings is 1. The lowest BCUT2D eigenvalue weighted by atomic mass is 10.1. The van der Waals surface area contributed by atoms with E-state index in [-0.39, 0.29) is 12.0 Å². The van der Waals surface area contributed by atoms with Gasteiger partial charge in [0.1, 0.15) is 0 Å². The first-order valence-corrected chi connectivity index (χ1v) is 9.93. The van der Waals surface area contributed by atoms with E-state index in [1.165, 1.54) is 38.5 Å². The highest BCUT2D eigenvalue weighted by Crippen LogP contribution is 2.24. The second-order valence-corrected chi connectivity index (χ2v) is 7.47. The number of hydrogen-bond acceptors (Lipinski definition) is 4. The average molecular weight is 337 g/mol. The van der Waals surface area contributed by atoms with Crippen molar-refractivity contribution in [1.82, 2.24) is 10.2 Å². The number of nitrogens with one attached hydrogen (secondary N) is 1. The van der Waals surface area contributed by atoms with Gasteiger partial charge in [0.15, 0.2) is 0 Å². The minimum absolute atomic E-state index is 0.0303. The van der Waals surface area contributed by atoms with Crippen molar-refractivity contribution in [2.75, 3.05) is 26.2 Å². The van der Waals surface area contributed by atoms with Crippen LogP contribution in [0.15, 0.2) is 16.8 Å². The lowest BCUT2D eigenvalue weighted by molar-refractivity contribution is -0.0478. The Morgan fingerprint density at radius 2 is 2.13 bits per heavy atom. The first-order valence-electron chi connectivity index (χ1n) is 8.99. The maximum Gasteiger partial charge on any atom is 0.252 e. The third-order valence-corrected chi connectivity index (χ3v) is 5.73. The number of amides is 1. The number of carbonyl (C=O) groups excluding carboxylic acids is 1. The van der Waals surface area contributed by atoms with Crippen LogP contribution in [0.4, 0.5) is 0 Å². The standard InChI is InChI=1S/C18H28N2O2S/c21-18(15-8-12-23-14-15)19-9-7-17-13-20(10-11-22-17)16-5-3-1-2-4-6-16/h8,12,14,16-17H,1-7,9-11,13H2,(H,19,21)/t17-/m0/s1. The number of carbonyl (C=O) groups is 1. The number of thiophene rings is 1. The Hall–Kier alpha value is -0.910. The molecule has 4 nitrogen and oxygen atoms in total. The normalized spacial score (nSPS) is 24.3. The molecule has 0 radical (unpaired) electrons. The summed E-state index contributed by atoms with van der Waals surface area (Å²) in [5.74, 6) is 0.0303. The molecule has 0 spiro atoms. The van der Waals surface area contributed by atoms with Gasteiger partial charge < -0.3 is 10.1 Å². The maximum absolute atomic E-state index is 11.9. The van der Waals surface area contributed by atoms with Gasteiger partial charge in [0.05, 0.1) is 12.7 Å². The van der Waals surface area contributed by atoms with Gasteiger partial charge in [-0.25, -0.2) is 0 Å². The van der Waals surface area contributed by atoms with Gasteiger partial charge in [-0.05, 0) is 30.7 Å². The van der Waals surface area contributed by atoms with Gasteiger partial charge in [-0.2, -0.15) is 11.3 Å². The van der Waals surface area contributed by atoms with Crippen LogP contribution in [0.2, 0.25) is 0 Å². The van der Waals surface area contributed by atoms with Crippen LogP contribution in [0.1, 0.15) is 55.3 Å². The SMILES string of the molecule is O=C(NCC[C@H]1CN(C2CCCCCC2)CCO1)c1ccsc1. The Labute approximate surface area is 143 Å². The van der Waals surface area contributed by atoms with Crippen molar-refractivity contribution in [1.29, 1.82) is 0 Å². The molecule has 1 atom stereocenters. The lowest BCUT2D eigenvalue weighted by Gasteiger charge is -2.38. The van der Waals surface area contributed by atoms with E-state index in [0.29, 0.717) is 6.54 Å². The summed E-state index contributed by atoms with van der Waals surface area (Å²) in [7, 11) is 0. The van der Waals surface area contributed by atoms with Crippen molar-refractivity contribution in [3.05, 3.63) is 22.4 Å². The lowest BCUT2D eigenvalue weighted by Crippen LogP contribution is -2.48. The molecular formula is C18H28N2O2S. The molecule has 1 saturated carbocycles. The maximum atomic E-state index is 11.9. The predicted molar refractivity (Wildman–Crippen MR) is 94.1 cm³/mol. The topological polar surface area (TPSA) is 41.6 Å². The first-order chi connectivity index (χ1) is 11.3. The van der Waals surface area contributed by atoms with E-state index in [2.05, 4.69) is 10.2 Å². The van der Waals surface area contributed by atoms with Crippen LogP contribution in [0.3, 0.4) is 0 Å². The molecule has 1 aliphatic carbocycles. The van der Waals surface area contributed by atoms with Crippen molar-refractivity contribution < 1.29 is 9.53 Å². The van der Waals surface area contributed by atoms with Crippen LogP contribution in [-0.4, -0.2) is 49.2 Å². The molecule has 0 bridgehead atoms. The molecule has 1 amide bonds. The monoisotopic (exact) mass is 336 g/mol. The molecule has 3 rings (SSSR count). The summed E-state index contributed by atoms with van der Waals surface area (Å²) in [6.07, 6.45) is 9.42. The summed E-state index contributed by atoms with van der Waals surface area (Å²) in [5.41, 5.74) is 0.764. The van der Waals surface area contributed by atoms with Crippen molar-refractivity contribution in [2.45, 2.75) is 57.1 Å². The van der Waals surface area contributed by atoms with Crippen molar-refractivity contribution >= 4 is 17.2 Å². The van der Waals surface area contributed by atoms with Crippen molar-refractivity contribution in [3.63, 3.8) is 0 Å². The molecule has 0 unspecified atom stereocenters. The van der Waals surface area contributed by atoms with E-state index in [0.717, 1.165) is 37.7 Å². The van der Waals surface area contributed by atoms with Crippen molar-refractivity contribution in [2.24, 2.45) is 0 Å². The van der Waals surface area contributed by atoms with E-state index in [1.807, 2.05) is 16.8 Å². The third kappa shape index (κ3) is 5.03. The summed E-state index contributed by atoms with van der Waals surface area (Å²) in [4.78, 5) is 14.6. The smallest absolute Gasteiger partial charge is 0.252 e. The molecule has 2 heterocycles. The number of rotatable bonds is 5. The molecule has 1 saturated heterocycles. The van der Waals surface area contributed by atoms with E-state index < -0.39 is 0 Å². The first kappa shape index (κ1) is 16.9. The second kappa shape index (κ2) is 8.81. The number of hydrogen-bond donors (Lipinski definition) is 1. The van der Waals surface area contributed by atoms with Gasteiger partial charge in [-0.15, -0.1) is 0 Å². The molecule has 2 fully saturated rings. The quantitative estimate of drug-likeness (QED) is 0.839. The minimum Gasteiger partial charge on any atom is -0.375 e. The van der Waals surface area contributed by atoms with E-state index >= 15 is 0 Å². The Morgan fingerprint density at radius 3 is 2.87 bits per heavy atom. The van der Waals surface area contributed by atoms with Gasteiger partial charge in [0, 0.05) is 36.6 Å². The van der Waals surface area contributed by atoms with Crippen LogP contribution in [0, 0.1) is 0 Å². The zero-order valence-electron chi connectivity index (χ0n) is 13.8. The zero-order chi connectivity index (χ0) is 15.9. The van der Waals surface area contributed by atoms with Gasteiger partial charge in [-0.3, -0.25) is 9.69 Å². The minimum atomic E-state index is 0.0303. The van der Waals surface area contributed by atoms with Gasteiger partial charge in [-0.1, -0.05) is 25.7 Å². The molecule has 0 aromatic carbocycles. The molecule has 1 aromatic rings. The van der Waals surface area contributed by atoms with Gasteiger partial charge >= 0.3 is 0 Å². The highest BCUT2D eigenvalue weighted by atomic mass is 32.1. The highest BCUT2D eigenvalue weighted by Gasteiger charge is 2.26. The number of ether oxygens (including phenoxy) is 1. The zero-order valence-corrected chi connectivity index (χ0v) is 14.7. The fourth-order valence-corrected chi connectivity index (χ4v) is 4.35. The fraction of sp³-hybridized carbons (Fsp3) is 0.722. The molecule has 1 N–H and O–H groups in total. The highest BCUT2D eigenvalue weighted by molar-refractivity contribution is 7.08. The third-order valence-electron chi connectivity index (χ3n) is 5.05. The molecule has 5 heteroatoms. The van der Waals surface area contributed by atoms with E-state index in [1.54, 1.807) is 11.3 Å². The summed E-state index contributed by atoms with van der Waals surface area (Å²) < 4.78 is 5.91. The summed E-state index contributed by atoms with van der Waals surface area (Å²) in [6.45, 7) is 3.62. The number of nitrogens with zero attached hydrogens (tertiary/aromatic N) is 1. The molecule has 128 valence electrons. The van der Waals surface area contributed by atoms with Crippen molar-refractivity contribution in [3.8, 4) is 0 Å². The Kier molecular flexibility index (Phi) is 6.48. The van der Waals surface area contributed by atoms with Gasteiger partial charge in [0.25, 0.3) is 5.91 Å². The van der Waals surface area contributed by atoms with Crippen LogP contribution in [-0.2, 0) is 4.74 Å². The molecule has 2 aliphatic rings. The molecule has 1 aromatic heterocycles. The second-order valence-electron chi connectivity index (χ2n) is 6.69. The summed E-state index contributed by atoms with van der Waals surface area (Å²) in [5, 5.41) is 6.83. The Morgan fingerprint density at radius 1 is 1.30 bits per heavy atom. The average Bonchev–Trinajstić information content (AvgIpc) is 2.98. The summed E-state index contributed by atoms with van der Waals surface area (Å²) in [6, 6.07) is 2.62. The Bertz CT molecular complexity index is 469.